The highest BCUT2D eigenvalue weighted by molar-refractivity contribution is 7.98. The van der Waals surface area contributed by atoms with Gasteiger partial charge in [0.05, 0.1) is 6.42 Å². The number of ether oxygens (including phenoxy) is 2. The molecule has 0 radical (unpaired) electrons. The molecule has 150 valence electrons. The summed E-state index contributed by atoms with van der Waals surface area (Å²) in [5.41, 5.74) is 0.397. The Morgan fingerprint density at radius 1 is 1.15 bits per heavy atom. The van der Waals surface area contributed by atoms with E-state index in [1.54, 1.807) is 39.6 Å². The Kier molecular flexibility index (Phi) is 9.14. The van der Waals surface area contributed by atoms with Crippen molar-refractivity contribution in [1.29, 1.82) is 0 Å². The van der Waals surface area contributed by atoms with Crippen LogP contribution >= 0.6 is 11.8 Å². The molecule has 0 aliphatic heterocycles. The molecule has 7 nitrogen and oxygen atoms in total. The third-order valence-electron chi connectivity index (χ3n) is 3.36. The van der Waals surface area contributed by atoms with Gasteiger partial charge in [-0.2, -0.15) is 0 Å². The Morgan fingerprint density at radius 3 is 2.33 bits per heavy atom. The van der Waals surface area contributed by atoms with Crippen LogP contribution in [0.3, 0.4) is 0 Å². The minimum Gasteiger partial charge on any atom is -0.456 e. The van der Waals surface area contributed by atoms with Crippen LogP contribution in [-0.2, 0) is 25.6 Å². The molecular formula is C19H28N2O5S. The van der Waals surface area contributed by atoms with E-state index in [9.17, 15) is 14.4 Å². The molecule has 0 heterocycles. The number of alkyl carbamates (subject to hydrolysis) is 1. The Balaban J connectivity index is 2.27. The first-order valence-corrected chi connectivity index (χ1v) is 9.82. The molecule has 1 aromatic carbocycles. The van der Waals surface area contributed by atoms with Crippen LogP contribution in [0.1, 0.15) is 32.8 Å². The fourth-order valence-corrected chi connectivity index (χ4v) is 2.41. The van der Waals surface area contributed by atoms with Crippen molar-refractivity contribution in [3.63, 3.8) is 0 Å². The highest BCUT2D eigenvalue weighted by atomic mass is 32.2. The summed E-state index contributed by atoms with van der Waals surface area (Å²) in [6.45, 7) is 5.44. The van der Waals surface area contributed by atoms with Gasteiger partial charge in [0.15, 0.2) is 6.61 Å². The largest absolute Gasteiger partial charge is 0.456 e. The van der Waals surface area contributed by atoms with Crippen LogP contribution in [0.15, 0.2) is 29.2 Å². The van der Waals surface area contributed by atoms with Gasteiger partial charge < -0.3 is 19.7 Å². The number of esters is 1. The molecule has 0 saturated heterocycles. The van der Waals surface area contributed by atoms with Gasteiger partial charge in [-0.25, -0.2) is 4.79 Å². The summed E-state index contributed by atoms with van der Waals surface area (Å²) < 4.78 is 10.0. The molecule has 0 bridgehead atoms. The number of likely N-dealkylation sites (N-methyl/N-ethyl adjacent to an activating group) is 1. The number of hydrogen-bond donors (Lipinski definition) is 1. The summed E-state index contributed by atoms with van der Waals surface area (Å²) in [4.78, 5) is 37.9. The summed E-state index contributed by atoms with van der Waals surface area (Å²) in [5, 5.41) is 2.46. The van der Waals surface area contributed by atoms with Crippen LogP contribution in [0, 0.1) is 0 Å². The predicted octanol–water partition coefficient (Wildman–Crippen LogP) is 2.82. The minimum atomic E-state index is -0.600. The van der Waals surface area contributed by atoms with Crippen LogP contribution in [0.2, 0.25) is 0 Å². The standard InChI is InChI=1S/C19H28N2O5S/c1-19(2,3)26-18(24)20-11-10-17(23)25-13-16(22)21(4)12-14-6-8-15(27-5)9-7-14/h6-9H,10-13H2,1-5H3,(H,20,24). The van der Waals surface area contributed by atoms with Crippen molar-refractivity contribution in [2.45, 2.75) is 44.2 Å². The molecule has 1 N–H and O–H groups in total. The van der Waals surface area contributed by atoms with E-state index in [4.69, 9.17) is 9.47 Å². The van der Waals surface area contributed by atoms with Crippen molar-refractivity contribution in [2.75, 3.05) is 26.5 Å². The number of carbonyl (C=O) groups excluding carboxylic acids is 3. The number of rotatable bonds is 8. The van der Waals surface area contributed by atoms with Gasteiger partial charge in [0.2, 0.25) is 0 Å². The smallest absolute Gasteiger partial charge is 0.407 e. The Bertz CT molecular complexity index is 640. The second kappa shape index (κ2) is 10.8. The number of nitrogens with one attached hydrogen (secondary N) is 1. The molecule has 0 aliphatic rings. The summed E-state index contributed by atoms with van der Waals surface area (Å²) in [6.07, 6.45) is 1.37. The van der Waals surface area contributed by atoms with Gasteiger partial charge in [0.25, 0.3) is 5.91 Å². The third kappa shape index (κ3) is 9.89. The fraction of sp³-hybridized carbons (Fsp3) is 0.526. The van der Waals surface area contributed by atoms with Crippen LogP contribution in [0.25, 0.3) is 0 Å². The maximum absolute atomic E-state index is 12.1. The molecule has 0 atom stereocenters. The molecule has 0 unspecified atom stereocenters. The van der Waals surface area contributed by atoms with Crippen molar-refractivity contribution in [1.82, 2.24) is 10.2 Å². The van der Waals surface area contributed by atoms with Crippen LogP contribution < -0.4 is 5.32 Å². The summed E-state index contributed by atoms with van der Waals surface area (Å²) in [7, 11) is 1.66. The summed E-state index contributed by atoms with van der Waals surface area (Å²) >= 11 is 1.65. The molecule has 27 heavy (non-hydrogen) atoms. The van der Waals surface area contributed by atoms with E-state index < -0.39 is 17.7 Å². The quantitative estimate of drug-likeness (QED) is 0.537. The second-order valence-electron chi connectivity index (χ2n) is 6.94. The zero-order valence-electron chi connectivity index (χ0n) is 16.5. The first kappa shape index (κ1) is 22.8. The van der Waals surface area contributed by atoms with E-state index in [0.717, 1.165) is 10.5 Å². The van der Waals surface area contributed by atoms with E-state index in [2.05, 4.69) is 5.32 Å². The van der Waals surface area contributed by atoms with E-state index >= 15 is 0 Å². The number of carbonyl (C=O) groups is 3. The normalized spacial score (nSPS) is 10.9. The molecule has 1 aromatic rings. The van der Waals surface area contributed by atoms with E-state index in [0.29, 0.717) is 6.54 Å². The molecular weight excluding hydrogens is 368 g/mol. The molecule has 0 fully saturated rings. The van der Waals surface area contributed by atoms with Crippen molar-refractivity contribution in [3.05, 3.63) is 29.8 Å². The molecule has 0 saturated carbocycles. The van der Waals surface area contributed by atoms with E-state index in [1.807, 2.05) is 30.5 Å². The van der Waals surface area contributed by atoms with Gasteiger partial charge in [-0.15, -0.1) is 11.8 Å². The molecule has 0 aliphatic carbocycles. The lowest BCUT2D eigenvalue weighted by Crippen LogP contribution is -2.34. The van der Waals surface area contributed by atoms with E-state index in [-0.39, 0.29) is 25.5 Å². The number of thioether (sulfide) groups is 1. The number of benzene rings is 1. The zero-order valence-corrected chi connectivity index (χ0v) is 17.4. The van der Waals surface area contributed by atoms with Crippen LogP contribution in [0.4, 0.5) is 4.79 Å². The van der Waals surface area contributed by atoms with Crippen molar-refractivity contribution >= 4 is 29.7 Å². The van der Waals surface area contributed by atoms with Crippen molar-refractivity contribution in [3.8, 4) is 0 Å². The maximum Gasteiger partial charge on any atom is 0.407 e. The van der Waals surface area contributed by atoms with Gasteiger partial charge in [-0.3, -0.25) is 9.59 Å². The molecule has 0 spiro atoms. The lowest BCUT2D eigenvalue weighted by Gasteiger charge is -2.19. The van der Waals surface area contributed by atoms with Gasteiger partial charge in [-0.05, 0) is 44.7 Å². The molecule has 1 rings (SSSR count). The Morgan fingerprint density at radius 2 is 1.78 bits per heavy atom. The first-order valence-electron chi connectivity index (χ1n) is 8.60. The highest BCUT2D eigenvalue weighted by Gasteiger charge is 2.16. The predicted molar refractivity (Wildman–Crippen MR) is 105 cm³/mol. The molecule has 0 aromatic heterocycles. The number of hydrogen-bond acceptors (Lipinski definition) is 6. The minimum absolute atomic E-state index is 0.0353. The van der Waals surface area contributed by atoms with Gasteiger partial charge in [0.1, 0.15) is 5.60 Å². The third-order valence-corrected chi connectivity index (χ3v) is 4.10. The lowest BCUT2D eigenvalue weighted by molar-refractivity contribution is -0.151. The average molecular weight is 397 g/mol. The monoisotopic (exact) mass is 396 g/mol. The SMILES string of the molecule is CSc1ccc(CN(C)C(=O)COC(=O)CCNC(=O)OC(C)(C)C)cc1. The van der Waals surface area contributed by atoms with Gasteiger partial charge in [0, 0.05) is 25.0 Å². The second-order valence-corrected chi connectivity index (χ2v) is 7.82. The van der Waals surface area contributed by atoms with Gasteiger partial charge >= 0.3 is 12.1 Å². The molecule has 8 heteroatoms. The van der Waals surface area contributed by atoms with E-state index in [1.165, 1.54) is 4.90 Å². The van der Waals surface area contributed by atoms with Crippen molar-refractivity contribution < 1.29 is 23.9 Å². The number of amides is 2. The summed E-state index contributed by atoms with van der Waals surface area (Å²) in [6, 6.07) is 7.92. The zero-order chi connectivity index (χ0) is 20.4. The first-order chi connectivity index (χ1) is 12.6. The Labute approximate surface area is 164 Å². The van der Waals surface area contributed by atoms with Crippen LogP contribution in [-0.4, -0.2) is 54.9 Å². The molecule has 2 amide bonds. The Hall–Kier alpha value is -2.22. The number of nitrogens with zero attached hydrogens (tertiary/aromatic N) is 1. The lowest BCUT2D eigenvalue weighted by atomic mass is 10.2. The topological polar surface area (TPSA) is 84.9 Å². The van der Waals surface area contributed by atoms with Crippen molar-refractivity contribution in [2.24, 2.45) is 0 Å². The van der Waals surface area contributed by atoms with Gasteiger partial charge in [-0.1, -0.05) is 12.1 Å². The maximum atomic E-state index is 12.1. The fourth-order valence-electron chi connectivity index (χ4n) is 2.00. The highest BCUT2D eigenvalue weighted by Crippen LogP contribution is 2.15. The summed E-state index contributed by atoms with van der Waals surface area (Å²) in [5.74, 6) is -0.852. The average Bonchev–Trinajstić information content (AvgIpc) is 2.58. The van der Waals surface area contributed by atoms with Crippen LogP contribution in [0.5, 0.6) is 0 Å².